The Bertz CT molecular complexity index is 1320. The van der Waals surface area contributed by atoms with E-state index < -0.39 is 11.9 Å². The summed E-state index contributed by atoms with van der Waals surface area (Å²) in [5.74, 6) is -1.62. The summed E-state index contributed by atoms with van der Waals surface area (Å²) in [5, 5.41) is 10.9. The number of ketones is 2. The molecule has 5 rings (SSSR count). The van der Waals surface area contributed by atoms with Gasteiger partial charge in [-0.25, -0.2) is 0 Å². The largest absolute Gasteiger partial charge is 0.487 e. The molecule has 6 nitrogen and oxygen atoms in total. The second-order valence-corrected chi connectivity index (χ2v) is 10.7. The lowest BCUT2D eigenvalue weighted by molar-refractivity contribution is -0.138. The van der Waals surface area contributed by atoms with Gasteiger partial charge in [0.15, 0.2) is 11.6 Å². The van der Waals surface area contributed by atoms with Crippen molar-refractivity contribution < 1.29 is 24.2 Å². The third-order valence-electron chi connectivity index (χ3n) is 7.02. The van der Waals surface area contributed by atoms with E-state index in [1.165, 1.54) is 0 Å². The molecule has 0 aromatic heterocycles. The van der Waals surface area contributed by atoms with Crippen LogP contribution >= 0.6 is 34.8 Å². The van der Waals surface area contributed by atoms with Crippen LogP contribution in [0.3, 0.4) is 0 Å². The van der Waals surface area contributed by atoms with Crippen molar-refractivity contribution in [2.75, 3.05) is 6.54 Å². The van der Waals surface area contributed by atoms with Crippen LogP contribution in [0.5, 0.6) is 5.75 Å². The predicted molar refractivity (Wildman–Crippen MR) is 141 cm³/mol. The van der Waals surface area contributed by atoms with Crippen LogP contribution in [0.2, 0.25) is 15.1 Å². The molecule has 0 spiro atoms. The highest BCUT2D eigenvalue weighted by Crippen LogP contribution is 2.52. The Morgan fingerprint density at radius 1 is 0.892 bits per heavy atom. The summed E-state index contributed by atoms with van der Waals surface area (Å²) in [7, 11) is 0. The number of carbonyl (C=O) groups is 3. The summed E-state index contributed by atoms with van der Waals surface area (Å²) in [6, 6.07) is 10.5. The molecule has 2 aromatic carbocycles. The Kier molecular flexibility index (Phi) is 7.35. The molecule has 2 aromatic rings. The highest BCUT2D eigenvalue weighted by atomic mass is 35.5. The molecule has 1 aliphatic heterocycles. The number of nitrogens with zero attached hydrogens (tertiary/aromatic N) is 1. The number of allylic oxidation sites excluding steroid dienone is 4. The number of aliphatic carboxylic acids is 1. The van der Waals surface area contributed by atoms with Gasteiger partial charge in [-0.05, 0) is 55.5 Å². The average molecular weight is 561 g/mol. The number of carboxylic acid groups (broad SMARTS) is 1. The van der Waals surface area contributed by atoms with Crippen molar-refractivity contribution in [3.63, 3.8) is 0 Å². The molecule has 0 unspecified atom stereocenters. The van der Waals surface area contributed by atoms with E-state index in [-0.39, 0.29) is 29.7 Å². The number of benzene rings is 2. The molecule has 0 amide bonds. The van der Waals surface area contributed by atoms with E-state index in [2.05, 4.69) is 0 Å². The second-order valence-electron chi connectivity index (χ2n) is 9.41. The molecule has 192 valence electrons. The van der Waals surface area contributed by atoms with Crippen molar-refractivity contribution in [1.29, 1.82) is 0 Å². The lowest BCUT2D eigenvalue weighted by atomic mass is 9.70. The van der Waals surface area contributed by atoms with Crippen LogP contribution in [0.15, 0.2) is 58.9 Å². The van der Waals surface area contributed by atoms with Crippen molar-refractivity contribution in [3.05, 3.63) is 85.1 Å². The third-order valence-corrected chi connectivity index (χ3v) is 7.78. The van der Waals surface area contributed by atoms with E-state index in [0.717, 1.165) is 5.56 Å². The smallest absolute Gasteiger partial charge is 0.323 e. The maximum absolute atomic E-state index is 13.4. The molecule has 9 heteroatoms. The molecule has 0 saturated heterocycles. The number of hydrogen-bond acceptors (Lipinski definition) is 5. The maximum atomic E-state index is 13.4. The van der Waals surface area contributed by atoms with Crippen molar-refractivity contribution in [2.24, 2.45) is 0 Å². The minimum atomic E-state index is -1.02. The summed E-state index contributed by atoms with van der Waals surface area (Å²) < 4.78 is 6.21. The number of carbonyl (C=O) groups excluding carboxylic acids is 2. The van der Waals surface area contributed by atoms with Gasteiger partial charge in [0, 0.05) is 56.9 Å². The van der Waals surface area contributed by atoms with E-state index in [1.54, 1.807) is 29.2 Å². The molecule has 0 saturated carbocycles. The zero-order valence-corrected chi connectivity index (χ0v) is 22.1. The first-order chi connectivity index (χ1) is 17.7. The number of ether oxygens (including phenoxy) is 1. The minimum absolute atomic E-state index is 0.105. The minimum Gasteiger partial charge on any atom is -0.487 e. The summed E-state index contributed by atoms with van der Waals surface area (Å²) >= 11 is 19.1. The molecule has 1 heterocycles. The number of rotatable bonds is 6. The zero-order chi connectivity index (χ0) is 26.3. The highest BCUT2D eigenvalue weighted by Gasteiger charge is 2.45. The topological polar surface area (TPSA) is 83.9 Å². The Labute approximate surface area is 229 Å². The molecule has 0 bridgehead atoms. The Hall–Kier alpha value is -2.80. The second kappa shape index (κ2) is 10.5. The van der Waals surface area contributed by atoms with E-state index in [4.69, 9.17) is 39.5 Å². The zero-order valence-electron chi connectivity index (χ0n) is 19.9. The van der Waals surface area contributed by atoms with Gasteiger partial charge in [0.1, 0.15) is 18.9 Å². The van der Waals surface area contributed by atoms with Gasteiger partial charge < -0.3 is 14.7 Å². The molecule has 1 N–H and O–H groups in total. The van der Waals surface area contributed by atoms with Crippen LogP contribution < -0.4 is 4.74 Å². The average Bonchev–Trinajstić information content (AvgIpc) is 2.85. The van der Waals surface area contributed by atoms with Crippen LogP contribution in [0.1, 0.15) is 55.6 Å². The van der Waals surface area contributed by atoms with Gasteiger partial charge in [-0.3, -0.25) is 14.4 Å². The number of Topliss-reactive ketones (excluding diaryl/α,β-unsaturated/α-hetero) is 2. The van der Waals surface area contributed by atoms with Gasteiger partial charge in [-0.15, -0.1) is 0 Å². The fraction of sp³-hybridized carbons (Fsp3) is 0.321. The van der Waals surface area contributed by atoms with Crippen LogP contribution in [0, 0.1) is 0 Å². The van der Waals surface area contributed by atoms with Gasteiger partial charge in [0.05, 0.1) is 5.02 Å². The fourth-order valence-corrected chi connectivity index (χ4v) is 6.23. The lowest BCUT2D eigenvalue weighted by Gasteiger charge is -2.43. The van der Waals surface area contributed by atoms with Crippen LogP contribution in [0.25, 0.3) is 0 Å². The van der Waals surface area contributed by atoms with Gasteiger partial charge in [0.2, 0.25) is 0 Å². The van der Waals surface area contributed by atoms with E-state index in [9.17, 15) is 19.5 Å². The number of hydrogen-bond donors (Lipinski definition) is 1. The summed E-state index contributed by atoms with van der Waals surface area (Å²) in [6.07, 6.45) is 2.97. The van der Waals surface area contributed by atoms with Gasteiger partial charge in [0.25, 0.3) is 0 Å². The summed E-state index contributed by atoms with van der Waals surface area (Å²) in [6.45, 7) is -0.121. The predicted octanol–water partition coefficient (Wildman–Crippen LogP) is 6.72. The van der Waals surface area contributed by atoms with Crippen molar-refractivity contribution >= 4 is 52.3 Å². The van der Waals surface area contributed by atoms with Crippen LogP contribution in [0.4, 0.5) is 0 Å². The van der Waals surface area contributed by atoms with Crippen molar-refractivity contribution in [2.45, 2.75) is 51.0 Å². The Balaban J connectivity index is 1.68. The number of carboxylic acids is 1. The van der Waals surface area contributed by atoms with Gasteiger partial charge in [-0.2, -0.15) is 0 Å². The van der Waals surface area contributed by atoms with Gasteiger partial charge in [-0.1, -0.05) is 46.9 Å². The van der Waals surface area contributed by atoms with E-state index in [0.29, 0.717) is 82.4 Å². The van der Waals surface area contributed by atoms with Gasteiger partial charge >= 0.3 is 5.97 Å². The molecule has 2 aliphatic carbocycles. The molecular formula is C28H24Cl3NO5. The monoisotopic (exact) mass is 559 g/mol. The first-order valence-electron chi connectivity index (χ1n) is 12.1. The van der Waals surface area contributed by atoms with E-state index >= 15 is 0 Å². The third kappa shape index (κ3) is 5.02. The van der Waals surface area contributed by atoms with Crippen molar-refractivity contribution in [1.82, 2.24) is 4.90 Å². The first-order valence-corrected chi connectivity index (χ1v) is 13.3. The molecule has 0 atom stereocenters. The van der Waals surface area contributed by atoms with E-state index in [1.807, 2.05) is 12.1 Å². The molecule has 3 aliphatic rings. The molecule has 37 heavy (non-hydrogen) atoms. The van der Waals surface area contributed by atoms with Crippen LogP contribution in [-0.2, 0) is 21.0 Å². The maximum Gasteiger partial charge on any atom is 0.323 e. The first kappa shape index (κ1) is 25.8. The van der Waals surface area contributed by atoms with Crippen LogP contribution in [-0.4, -0.2) is 34.1 Å². The molecular weight excluding hydrogens is 537 g/mol. The van der Waals surface area contributed by atoms with Crippen molar-refractivity contribution in [3.8, 4) is 5.75 Å². The lowest BCUT2D eigenvalue weighted by Crippen LogP contribution is -2.41. The standard InChI is InChI=1S/C28H24Cl3NO5/c29-16-9-7-15(8-10-16)14-37-28-18(11-17(30)12-19(28)31)25-26-20(3-1-5-22(26)33)32(13-24(35)36)21-4-2-6-23(34)27(21)25/h7-12,25H,1-6,13-14H2,(H,35,36). The molecule has 0 fully saturated rings. The Morgan fingerprint density at radius 3 is 2.05 bits per heavy atom. The Morgan fingerprint density at radius 2 is 1.49 bits per heavy atom. The highest BCUT2D eigenvalue weighted by molar-refractivity contribution is 6.35. The quantitative estimate of drug-likeness (QED) is 0.422. The molecule has 0 radical (unpaired) electrons. The number of halogens is 3. The SMILES string of the molecule is O=C(O)CN1C2=C(C(=O)CCC2)C(c2cc(Cl)cc(Cl)c2OCc2ccc(Cl)cc2)C2=C1CCCC2=O. The summed E-state index contributed by atoms with van der Waals surface area (Å²) in [5.41, 5.74) is 3.60. The summed E-state index contributed by atoms with van der Waals surface area (Å²) in [4.78, 5) is 40.3. The normalized spacial score (nSPS) is 18.2. The fourth-order valence-electron chi connectivity index (χ4n) is 5.54.